The summed E-state index contributed by atoms with van der Waals surface area (Å²) in [7, 11) is 0. The molecule has 0 saturated heterocycles. The molecule has 0 heterocycles. The summed E-state index contributed by atoms with van der Waals surface area (Å²) in [5, 5.41) is 4.46. The molecule has 0 unspecified atom stereocenters. The standard InChI is InChI=1S/C19H21ClN2O2/c1-13(2)17-9-8-16(10-14(17)3)24-12-19(23)22-21-11-15-6-4-5-7-18(15)20/h4-11,13H,12H2,1-3H3,(H,22,23)/b21-11+. The maximum atomic E-state index is 11.8. The fraction of sp³-hybridized carbons (Fsp3) is 0.263. The summed E-state index contributed by atoms with van der Waals surface area (Å²) in [6.45, 7) is 6.23. The van der Waals surface area contributed by atoms with Gasteiger partial charge in [-0.1, -0.05) is 49.7 Å². The second kappa shape index (κ2) is 8.50. The van der Waals surface area contributed by atoms with E-state index in [4.69, 9.17) is 16.3 Å². The zero-order chi connectivity index (χ0) is 17.5. The van der Waals surface area contributed by atoms with Crippen molar-refractivity contribution in [3.8, 4) is 5.75 Å². The first-order valence-electron chi connectivity index (χ1n) is 7.77. The largest absolute Gasteiger partial charge is 0.484 e. The van der Waals surface area contributed by atoms with Gasteiger partial charge in [0.2, 0.25) is 0 Å². The normalized spacial score (nSPS) is 11.0. The molecule has 126 valence electrons. The molecule has 2 aromatic carbocycles. The lowest BCUT2D eigenvalue weighted by Gasteiger charge is -2.12. The van der Waals surface area contributed by atoms with Crippen LogP contribution in [0.15, 0.2) is 47.6 Å². The van der Waals surface area contributed by atoms with Crippen molar-refractivity contribution in [3.63, 3.8) is 0 Å². The van der Waals surface area contributed by atoms with E-state index in [1.807, 2.05) is 43.3 Å². The van der Waals surface area contributed by atoms with Crippen LogP contribution < -0.4 is 10.2 Å². The Morgan fingerprint density at radius 1 is 1.29 bits per heavy atom. The molecule has 0 radical (unpaired) electrons. The van der Waals surface area contributed by atoms with Gasteiger partial charge in [-0.2, -0.15) is 5.10 Å². The number of amides is 1. The molecule has 0 atom stereocenters. The summed E-state index contributed by atoms with van der Waals surface area (Å²) in [6, 6.07) is 13.1. The molecule has 0 fully saturated rings. The minimum absolute atomic E-state index is 0.0969. The van der Waals surface area contributed by atoms with E-state index < -0.39 is 0 Å². The fourth-order valence-corrected chi connectivity index (χ4v) is 2.51. The van der Waals surface area contributed by atoms with Gasteiger partial charge in [-0.25, -0.2) is 5.43 Å². The lowest BCUT2D eigenvalue weighted by molar-refractivity contribution is -0.123. The fourth-order valence-electron chi connectivity index (χ4n) is 2.32. The Morgan fingerprint density at radius 2 is 2.04 bits per heavy atom. The average Bonchev–Trinajstić information content (AvgIpc) is 2.54. The smallest absolute Gasteiger partial charge is 0.277 e. The predicted molar refractivity (Wildman–Crippen MR) is 98.0 cm³/mol. The summed E-state index contributed by atoms with van der Waals surface area (Å²) in [6.07, 6.45) is 1.50. The number of carbonyl (C=O) groups is 1. The molecule has 0 spiro atoms. The molecule has 24 heavy (non-hydrogen) atoms. The van der Waals surface area contributed by atoms with Crippen LogP contribution in [0.4, 0.5) is 0 Å². The minimum atomic E-state index is -0.330. The lowest BCUT2D eigenvalue weighted by atomic mass is 9.98. The van der Waals surface area contributed by atoms with Crippen LogP contribution in [0.5, 0.6) is 5.75 Å². The second-order valence-electron chi connectivity index (χ2n) is 5.78. The molecule has 1 N–H and O–H groups in total. The number of rotatable bonds is 6. The summed E-state index contributed by atoms with van der Waals surface area (Å²) < 4.78 is 5.50. The topological polar surface area (TPSA) is 50.7 Å². The molecule has 0 aliphatic rings. The Morgan fingerprint density at radius 3 is 2.71 bits per heavy atom. The molecule has 0 aromatic heterocycles. The maximum Gasteiger partial charge on any atom is 0.277 e. The van der Waals surface area contributed by atoms with Gasteiger partial charge in [0.05, 0.1) is 6.21 Å². The molecule has 0 saturated carbocycles. The van der Waals surface area contributed by atoms with Gasteiger partial charge in [-0.05, 0) is 42.2 Å². The number of nitrogens with zero attached hydrogens (tertiary/aromatic N) is 1. The third-order valence-electron chi connectivity index (χ3n) is 3.53. The molecule has 0 aliphatic carbocycles. The Labute approximate surface area is 147 Å². The van der Waals surface area contributed by atoms with Crippen molar-refractivity contribution < 1.29 is 9.53 Å². The number of hydrazone groups is 1. The zero-order valence-corrected chi connectivity index (χ0v) is 14.8. The summed E-state index contributed by atoms with van der Waals surface area (Å²) in [4.78, 5) is 11.8. The second-order valence-corrected chi connectivity index (χ2v) is 6.18. The van der Waals surface area contributed by atoms with Crippen molar-refractivity contribution in [2.75, 3.05) is 6.61 Å². The number of hydrogen-bond donors (Lipinski definition) is 1. The third-order valence-corrected chi connectivity index (χ3v) is 3.88. The lowest BCUT2D eigenvalue weighted by Crippen LogP contribution is -2.24. The van der Waals surface area contributed by atoms with E-state index in [-0.39, 0.29) is 12.5 Å². The molecular weight excluding hydrogens is 324 g/mol. The Bertz CT molecular complexity index is 742. The summed E-state index contributed by atoms with van der Waals surface area (Å²) >= 11 is 6.00. The summed E-state index contributed by atoms with van der Waals surface area (Å²) in [5.41, 5.74) is 5.58. The molecule has 2 rings (SSSR count). The molecule has 0 aliphatic heterocycles. The van der Waals surface area contributed by atoms with E-state index in [9.17, 15) is 4.79 Å². The van der Waals surface area contributed by atoms with Gasteiger partial charge in [0.25, 0.3) is 5.91 Å². The van der Waals surface area contributed by atoms with Crippen LogP contribution in [0.3, 0.4) is 0 Å². The van der Waals surface area contributed by atoms with Crippen molar-refractivity contribution in [1.29, 1.82) is 0 Å². The van der Waals surface area contributed by atoms with Gasteiger partial charge in [-0.15, -0.1) is 0 Å². The maximum absolute atomic E-state index is 11.8. The number of carbonyl (C=O) groups excluding carboxylic acids is 1. The number of aryl methyl sites for hydroxylation is 1. The summed E-state index contributed by atoms with van der Waals surface area (Å²) in [5.74, 6) is 0.799. The van der Waals surface area contributed by atoms with Crippen LogP contribution in [-0.2, 0) is 4.79 Å². The number of nitrogens with one attached hydrogen (secondary N) is 1. The molecular formula is C19H21ClN2O2. The van der Waals surface area contributed by atoms with Gasteiger partial charge < -0.3 is 4.74 Å². The highest BCUT2D eigenvalue weighted by Crippen LogP contribution is 2.23. The van der Waals surface area contributed by atoms with E-state index in [0.29, 0.717) is 16.7 Å². The highest BCUT2D eigenvalue weighted by molar-refractivity contribution is 6.33. The van der Waals surface area contributed by atoms with Crippen molar-refractivity contribution in [1.82, 2.24) is 5.43 Å². The van der Waals surface area contributed by atoms with Crippen molar-refractivity contribution in [2.45, 2.75) is 26.7 Å². The van der Waals surface area contributed by atoms with Crippen LogP contribution in [-0.4, -0.2) is 18.7 Å². The van der Waals surface area contributed by atoms with Gasteiger partial charge in [-0.3, -0.25) is 4.79 Å². The Balaban J connectivity index is 1.85. The number of ether oxygens (including phenoxy) is 1. The van der Waals surface area contributed by atoms with Crippen LogP contribution in [0.1, 0.15) is 36.5 Å². The van der Waals surface area contributed by atoms with Gasteiger partial charge >= 0.3 is 0 Å². The predicted octanol–water partition coefficient (Wildman–Crippen LogP) is 4.30. The third kappa shape index (κ3) is 5.10. The number of hydrogen-bond acceptors (Lipinski definition) is 3. The first kappa shape index (κ1) is 18.0. The molecule has 2 aromatic rings. The van der Waals surface area contributed by atoms with Gasteiger partial charge in [0, 0.05) is 10.6 Å². The average molecular weight is 345 g/mol. The van der Waals surface area contributed by atoms with Crippen LogP contribution in [0.25, 0.3) is 0 Å². The first-order chi connectivity index (χ1) is 11.5. The Kier molecular flexibility index (Phi) is 6.38. The van der Waals surface area contributed by atoms with Gasteiger partial charge in [0.1, 0.15) is 5.75 Å². The quantitative estimate of drug-likeness (QED) is 0.627. The first-order valence-corrected chi connectivity index (χ1v) is 8.15. The molecule has 1 amide bonds. The van der Waals surface area contributed by atoms with Gasteiger partial charge in [0.15, 0.2) is 6.61 Å². The highest BCUT2D eigenvalue weighted by atomic mass is 35.5. The highest BCUT2D eigenvalue weighted by Gasteiger charge is 2.06. The molecule has 4 nitrogen and oxygen atoms in total. The van der Waals surface area contributed by atoms with Crippen LogP contribution in [0, 0.1) is 6.92 Å². The minimum Gasteiger partial charge on any atom is -0.484 e. The van der Waals surface area contributed by atoms with Crippen molar-refractivity contribution in [2.24, 2.45) is 5.10 Å². The van der Waals surface area contributed by atoms with Crippen LogP contribution in [0.2, 0.25) is 5.02 Å². The van der Waals surface area contributed by atoms with E-state index in [2.05, 4.69) is 24.4 Å². The SMILES string of the molecule is Cc1cc(OCC(=O)N/N=C/c2ccccc2Cl)ccc1C(C)C. The number of benzene rings is 2. The molecule has 0 bridgehead atoms. The Hall–Kier alpha value is -2.33. The van der Waals surface area contributed by atoms with Crippen molar-refractivity contribution >= 4 is 23.7 Å². The van der Waals surface area contributed by atoms with E-state index >= 15 is 0 Å². The molecule has 5 heteroatoms. The van der Waals surface area contributed by atoms with E-state index in [1.54, 1.807) is 6.07 Å². The number of halogens is 1. The zero-order valence-electron chi connectivity index (χ0n) is 14.0. The van der Waals surface area contributed by atoms with Crippen LogP contribution >= 0.6 is 11.6 Å². The monoisotopic (exact) mass is 344 g/mol. The van der Waals surface area contributed by atoms with E-state index in [0.717, 1.165) is 11.1 Å². The van der Waals surface area contributed by atoms with Crippen molar-refractivity contribution in [3.05, 3.63) is 64.2 Å². The van der Waals surface area contributed by atoms with E-state index in [1.165, 1.54) is 11.8 Å².